The average molecular weight is 330 g/mol. The standard InChI is InChI=1S/C17H22N4OS/c1-18-16-12-19-14(11-20-16)10-13-4-2-7-21(8-6-13)17(22)15-5-3-9-23-15/h3,5,9,11-13H,2,4,6-8,10H2,1H3,(H,18,20)/t13-/m1/s1. The maximum atomic E-state index is 12.5. The van der Waals surface area contributed by atoms with Crippen LogP contribution in [0.4, 0.5) is 5.82 Å². The number of rotatable bonds is 4. The van der Waals surface area contributed by atoms with Crippen LogP contribution in [0.15, 0.2) is 29.9 Å². The van der Waals surface area contributed by atoms with E-state index in [0.717, 1.165) is 55.2 Å². The molecule has 2 aromatic heterocycles. The van der Waals surface area contributed by atoms with Crippen LogP contribution in [0.1, 0.15) is 34.6 Å². The molecule has 3 rings (SSSR count). The summed E-state index contributed by atoms with van der Waals surface area (Å²) in [6, 6.07) is 3.85. The molecule has 0 spiro atoms. The summed E-state index contributed by atoms with van der Waals surface area (Å²) < 4.78 is 0. The molecule has 1 amide bonds. The van der Waals surface area contributed by atoms with E-state index in [0.29, 0.717) is 5.92 Å². The molecule has 122 valence electrons. The van der Waals surface area contributed by atoms with Crippen LogP contribution in [0.2, 0.25) is 0 Å². The van der Waals surface area contributed by atoms with Crippen LogP contribution in [-0.4, -0.2) is 40.9 Å². The minimum Gasteiger partial charge on any atom is -0.372 e. The summed E-state index contributed by atoms with van der Waals surface area (Å²) in [5, 5.41) is 4.94. The number of anilines is 1. The minimum atomic E-state index is 0.179. The number of carbonyl (C=O) groups excluding carboxylic acids is 1. The fourth-order valence-electron chi connectivity index (χ4n) is 3.01. The summed E-state index contributed by atoms with van der Waals surface area (Å²) in [6.45, 7) is 1.70. The van der Waals surface area contributed by atoms with Gasteiger partial charge in [-0.1, -0.05) is 6.07 Å². The molecule has 0 unspecified atom stereocenters. The lowest BCUT2D eigenvalue weighted by Crippen LogP contribution is -2.31. The van der Waals surface area contributed by atoms with Gasteiger partial charge < -0.3 is 10.2 Å². The Morgan fingerprint density at radius 1 is 1.35 bits per heavy atom. The van der Waals surface area contributed by atoms with Crippen LogP contribution in [0.5, 0.6) is 0 Å². The topological polar surface area (TPSA) is 58.1 Å². The number of aromatic nitrogens is 2. The van der Waals surface area contributed by atoms with Crippen molar-refractivity contribution in [1.82, 2.24) is 14.9 Å². The fourth-order valence-corrected chi connectivity index (χ4v) is 3.70. The molecule has 1 aliphatic heterocycles. The average Bonchev–Trinajstić information content (AvgIpc) is 3.02. The quantitative estimate of drug-likeness (QED) is 0.936. The van der Waals surface area contributed by atoms with Gasteiger partial charge in [0.15, 0.2) is 0 Å². The molecule has 1 fully saturated rings. The van der Waals surface area contributed by atoms with Gasteiger partial charge in [0, 0.05) is 20.1 Å². The Hall–Kier alpha value is -1.95. The van der Waals surface area contributed by atoms with Crippen molar-refractivity contribution < 1.29 is 4.79 Å². The number of carbonyl (C=O) groups is 1. The van der Waals surface area contributed by atoms with Gasteiger partial charge in [0.1, 0.15) is 5.82 Å². The number of likely N-dealkylation sites (tertiary alicyclic amines) is 1. The number of thiophene rings is 1. The molecule has 0 aromatic carbocycles. The highest BCUT2D eigenvalue weighted by Crippen LogP contribution is 2.23. The Morgan fingerprint density at radius 2 is 2.26 bits per heavy atom. The molecule has 1 aliphatic rings. The fraction of sp³-hybridized carbons (Fsp3) is 0.471. The SMILES string of the molecule is CNc1cnc(C[C@@H]2CCCN(C(=O)c3cccs3)CC2)cn1. The predicted octanol–water partition coefficient (Wildman–Crippen LogP) is 3.06. The molecular weight excluding hydrogens is 308 g/mol. The van der Waals surface area contributed by atoms with Crippen molar-refractivity contribution in [2.75, 3.05) is 25.5 Å². The van der Waals surface area contributed by atoms with E-state index in [9.17, 15) is 4.79 Å². The molecule has 23 heavy (non-hydrogen) atoms. The Bertz CT molecular complexity index is 627. The largest absolute Gasteiger partial charge is 0.372 e. The van der Waals surface area contributed by atoms with Crippen molar-refractivity contribution in [3.05, 3.63) is 40.5 Å². The summed E-state index contributed by atoms with van der Waals surface area (Å²) in [5.41, 5.74) is 1.03. The Labute approximate surface area is 140 Å². The molecule has 6 heteroatoms. The van der Waals surface area contributed by atoms with Crippen molar-refractivity contribution in [2.45, 2.75) is 25.7 Å². The zero-order valence-electron chi connectivity index (χ0n) is 13.4. The molecule has 2 aromatic rings. The van der Waals surface area contributed by atoms with Gasteiger partial charge in [-0.3, -0.25) is 9.78 Å². The first-order chi connectivity index (χ1) is 11.3. The van der Waals surface area contributed by atoms with Gasteiger partial charge in [-0.25, -0.2) is 4.98 Å². The highest BCUT2D eigenvalue weighted by Gasteiger charge is 2.22. The zero-order chi connectivity index (χ0) is 16.1. The van der Waals surface area contributed by atoms with E-state index in [1.807, 2.05) is 35.7 Å². The first-order valence-corrected chi connectivity index (χ1v) is 8.95. The first kappa shape index (κ1) is 15.9. The highest BCUT2D eigenvalue weighted by molar-refractivity contribution is 7.12. The molecule has 0 radical (unpaired) electrons. The van der Waals surface area contributed by atoms with Crippen molar-refractivity contribution in [1.29, 1.82) is 0 Å². The lowest BCUT2D eigenvalue weighted by atomic mass is 9.95. The third-order valence-corrected chi connectivity index (χ3v) is 5.18. The van der Waals surface area contributed by atoms with E-state index in [1.54, 1.807) is 6.20 Å². The molecule has 5 nitrogen and oxygen atoms in total. The molecule has 1 atom stereocenters. The predicted molar refractivity (Wildman–Crippen MR) is 92.8 cm³/mol. The van der Waals surface area contributed by atoms with Gasteiger partial charge >= 0.3 is 0 Å². The van der Waals surface area contributed by atoms with Crippen molar-refractivity contribution >= 4 is 23.1 Å². The third-order valence-electron chi connectivity index (χ3n) is 4.33. The summed E-state index contributed by atoms with van der Waals surface area (Å²) >= 11 is 1.52. The van der Waals surface area contributed by atoms with E-state index in [4.69, 9.17) is 0 Å². The third kappa shape index (κ3) is 4.07. The molecular formula is C17H22N4OS. The van der Waals surface area contributed by atoms with E-state index >= 15 is 0 Å². The summed E-state index contributed by atoms with van der Waals surface area (Å²) in [5.74, 6) is 1.55. The summed E-state index contributed by atoms with van der Waals surface area (Å²) in [7, 11) is 1.84. The van der Waals surface area contributed by atoms with E-state index in [1.165, 1.54) is 11.3 Å². The second kappa shape index (κ2) is 7.55. The molecule has 1 saturated heterocycles. The number of hydrogen-bond donors (Lipinski definition) is 1. The highest BCUT2D eigenvalue weighted by atomic mass is 32.1. The Morgan fingerprint density at radius 3 is 2.96 bits per heavy atom. The number of nitrogens with one attached hydrogen (secondary N) is 1. The van der Waals surface area contributed by atoms with Crippen LogP contribution in [-0.2, 0) is 6.42 Å². The van der Waals surface area contributed by atoms with Crippen LogP contribution < -0.4 is 5.32 Å². The zero-order valence-corrected chi connectivity index (χ0v) is 14.2. The molecule has 0 aliphatic carbocycles. The normalized spacial score (nSPS) is 18.5. The first-order valence-electron chi connectivity index (χ1n) is 8.07. The van der Waals surface area contributed by atoms with Gasteiger partial charge in [0.2, 0.25) is 0 Å². The smallest absolute Gasteiger partial charge is 0.263 e. The van der Waals surface area contributed by atoms with Crippen molar-refractivity contribution in [3.8, 4) is 0 Å². The molecule has 1 N–H and O–H groups in total. The van der Waals surface area contributed by atoms with Gasteiger partial charge in [-0.2, -0.15) is 0 Å². The number of hydrogen-bond acceptors (Lipinski definition) is 5. The maximum Gasteiger partial charge on any atom is 0.263 e. The van der Waals surface area contributed by atoms with Crippen LogP contribution in [0.3, 0.4) is 0 Å². The lowest BCUT2D eigenvalue weighted by molar-refractivity contribution is 0.0765. The monoisotopic (exact) mass is 330 g/mol. The Kier molecular flexibility index (Phi) is 5.23. The molecule has 3 heterocycles. The minimum absolute atomic E-state index is 0.179. The van der Waals surface area contributed by atoms with E-state index in [-0.39, 0.29) is 5.91 Å². The molecule has 0 bridgehead atoms. The second-order valence-electron chi connectivity index (χ2n) is 5.91. The Balaban J connectivity index is 1.56. The van der Waals surface area contributed by atoms with Crippen LogP contribution in [0, 0.1) is 5.92 Å². The van der Waals surface area contributed by atoms with Crippen molar-refractivity contribution in [2.24, 2.45) is 5.92 Å². The maximum absolute atomic E-state index is 12.5. The molecule has 0 saturated carbocycles. The van der Waals surface area contributed by atoms with E-state index in [2.05, 4.69) is 15.3 Å². The summed E-state index contributed by atoms with van der Waals surface area (Å²) in [6.07, 6.45) is 7.81. The number of amides is 1. The van der Waals surface area contributed by atoms with E-state index < -0.39 is 0 Å². The second-order valence-corrected chi connectivity index (χ2v) is 6.86. The lowest BCUT2D eigenvalue weighted by Gasteiger charge is -2.19. The van der Waals surface area contributed by atoms with Crippen LogP contribution >= 0.6 is 11.3 Å². The van der Waals surface area contributed by atoms with Crippen molar-refractivity contribution in [3.63, 3.8) is 0 Å². The van der Waals surface area contributed by atoms with Gasteiger partial charge in [-0.15, -0.1) is 11.3 Å². The van der Waals surface area contributed by atoms with Gasteiger partial charge in [0.25, 0.3) is 5.91 Å². The van der Waals surface area contributed by atoms with Gasteiger partial charge in [-0.05, 0) is 43.0 Å². The van der Waals surface area contributed by atoms with Gasteiger partial charge in [0.05, 0.1) is 23.0 Å². The number of nitrogens with zero attached hydrogens (tertiary/aromatic N) is 3. The summed E-state index contributed by atoms with van der Waals surface area (Å²) in [4.78, 5) is 24.1. The van der Waals surface area contributed by atoms with Crippen LogP contribution in [0.25, 0.3) is 0 Å².